The summed E-state index contributed by atoms with van der Waals surface area (Å²) < 4.78 is 27.8. The number of nitrogens with zero attached hydrogens (tertiary/aromatic N) is 1. The van der Waals surface area contributed by atoms with Crippen molar-refractivity contribution in [3.63, 3.8) is 0 Å². The fraction of sp³-hybridized carbons (Fsp3) is 0.393. The Labute approximate surface area is 225 Å². The lowest BCUT2D eigenvalue weighted by atomic mass is 9.88. The number of ether oxygens (including phenoxy) is 5. The molecule has 1 aliphatic heterocycles. The van der Waals surface area contributed by atoms with Crippen molar-refractivity contribution >= 4 is 23.9 Å². The Morgan fingerprint density at radius 2 is 1.44 bits per heavy atom. The van der Waals surface area contributed by atoms with Crippen molar-refractivity contribution in [2.75, 3.05) is 6.61 Å². The molecule has 0 amide bonds. The van der Waals surface area contributed by atoms with Crippen molar-refractivity contribution in [3.8, 4) is 11.8 Å². The molecule has 5 atom stereocenters. The van der Waals surface area contributed by atoms with Gasteiger partial charge in [-0.2, -0.15) is 5.26 Å². The maximum Gasteiger partial charge on any atom is 0.303 e. The average molecular weight is 540 g/mol. The highest BCUT2D eigenvalue weighted by atomic mass is 16.7. The zero-order valence-corrected chi connectivity index (χ0v) is 21.9. The molecule has 1 heterocycles. The Morgan fingerprint density at radius 3 is 2.00 bits per heavy atom. The van der Waals surface area contributed by atoms with Crippen molar-refractivity contribution in [2.24, 2.45) is 0 Å². The van der Waals surface area contributed by atoms with Gasteiger partial charge in [0.1, 0.15) is 24.6 Å². The monoisotopic (exact) mass is 539 g/mol. The Bertz CT molecular complexity index is 1270. The minimum Gasteiger partial charge on any atom is -0.508 e. The third-order valence-electron chi connectivity index (χ3n) is 5.90. The topological polar surface area (TPSA) is 158 Å². The van der Waals surface area contributed by atoms with Gasteiger partial charge < -0.3 is 28.8 Å². The lowest BCUT2D eigenvalue weighted by Gasteiger charge is -2.44. The molecule has 0 aromatic heterocycles. The molecule has 11 nitrogen and oxygen atoms in total. The van der Waals surface area contributed by atoms with Crippen LogP contribution in [0.3, 0.4) is 0 Å². The number of phenols is 1. The van der Waals surface area contributed by atoms with Crippen LogP contribution in [0.1, 0.15) is 56.1 Å². The Balaban J connectivity index is 2.10. The van der Waals surface area contributed by atoms with Gasteiger partial charge in [-0.05, 0) is 41.3 Å². The highest BCUT2D eigenvalue weighted by Gasteiger charge is 2.52. The van der Waals surface area contributed by atoms with Crippen molar-refractivity contribution in [3.05, 3.63) is 64.7 Å². The van der Waals surface area contributed by atoms with Crippen LogP contribution in [0.25, 0.3) is 0 Å². The molecule has 0 bridgehead atoms. The molecular weight excluding hydrogens is 510 g/mol. The summed E-state index contributed by atoms with van der Waals surface area (Å²) >= 11 is 0. The molecule has 1 N–H and O–H groups in total. The number of hydrogen-bond donors (Lipinski definition) is 1. The summed E-state index contributed by atoms with van der Waals surface area (Å²) in [5, 5.41) is 19.3. The lowest BCUT2D eigenvalue weighted by molar-refractivity contribution is -0.254. The molecule has 206 valence electrons. The summed E-state index contributed by atoms with van der Waals surface area (Å²) in [4.78, 5) is 47.7. The first-order valence-electron chi connectivity index (χ1n) is 12.1. The van der Waals surface area contributed by atoms with E-state index in [2.05, 4.69) is 6.07 Å². The predicted molar refractivity (Wildman–Crippen MR) is 133 cm³/mol. The number of phenolic OH excluding ortho intramolecular Hbond substituents is 1. The second-order valence-corrected chi connectivity index (χ2v) is 8.99. The Morgan fingerprint density at radius 1 is 0.846 bits per heavy atom. The fourth-order valence-electron chi connectivity index (χ4n) is 4.38. The standard InChI is InChI=1S/C28H29NO10/c1-15(30)35-14-24-26(36-16(2)31)28(38-18(4)33)27(37-17(3)32)25(39-24)20-7-8-21(13-29)22(12-20)11-19-5-9-23(34)10-6-19/h5-10,12,24-28,34H,11,14H2,1-4H3/t24-,25+,26-,27+,28+/m1/s1. The normalized spacial score (nSPS) is 22.2. The van der Waals surface area contributed by atoms with Crippen LogP contribution in [0.15, 0.2) is 42.5 Å². The van der Waals surface area contributed by atoms with Crippen LogP contribution >= 0.6 is 0 Å². The second-order valence-electron chi connectivity index (χ2n) is 8.99. The minimum atomic E-state index is -1.30. The van der Waals surface area contributed by atoms with Gasteiger partial charge in [-0.15, -0.1) is 0 Å². The molecule has 3 rings (SSSR count). The number of carbonyl (C=O) groups is 4. The summed E-state index contributed by atoms with van der Waals surface area (Å²) in [6, 6.07) is 13.5. The number of aromatic hydroxyl groups is 1. The molecule has 1 saturated heterocycles. The van der Waals surface area contributed by atoms with E-state index in [1.54, 1.807) is 30.3 Å². The van der Waals surface area contributed by atoms with Gasteiger partial charge in [-0.3, -0.25) is 19.2 Å². The molecule has 1 aliphatic rings. The van der Waals surface area contributed by atoms with Crippen LogP contribution < -0.4 is 0 Å². The van der Waals surface area contributed by atoms with Crippen molar-refractivity contribution < 1.29 is 48.0 Å². The third kappa shape index (κ3) is 7.78. The highest BCUT2D eigenvalue weighted by molar-refractivity contribution is 5.69. The van der Waals surface area contributed by atoms with Gasteiger partial charge >= 0.3 is 23.9 Å². The van der Waals surface area contributed by atoms with Crippen LogP contribution in [-0.2, 0) is 49.3 Å². The highest BCUT2D eigenvalue weighted by Crippen LogP contribution is 2.38. The predicted octanol–water partition coefficient (Wildman–Crippen LogP) is 2.65. The second kappa shape index (κ2) is 12.9. The van der Waals surface area contributed by atoms with E-state index in [4.69, 9.17) is 23.7 Å². The van der Waals surface area contributed by atoms with Crippen molar-refractivity contribution in [2.45, 2.75) is 64.6 Å². The van der Waals surface area contributed by atoms with Crippen LogP contribution in [0, 0.1) is 11.3 Å². The van der Waals surface area contributed by atoms with E-state index >= 15 is 0 Å². The molecule has 39 heavy (non-hydrogen) atoms. The van der Waals surface area contributed by atoms with E-state index < -0.39 is 54.4 Å². The first kappa shape index (κ1) is 29.1. The average Bonchev–Trinajstić information content (AvgIpc) is 2.86. The largest absolute Gasteiger partial charge is 0.508 e. The molecule has 2 aromatic rings. The van der Waals surface area contributed by atoms with E-state index in [1.807, 2.05) is 0 Å². The smallest absolute Gasteiger partial charge is 0.303 e. The number of carbonyl (C=O) groups excluding carboxylic acids is 4. The maximum absolute atomic E-state index is 12.1. The zero-order chi connectivity index (χ0) is 28.7. The number of benzene rings is 2. The summed E-state index contributed by atoms with van der Waals surface area (Å²) in [7, 11) is 0. The minimum absolute atomic E-state index is 0.102. The van der Waals surface area contributed by atoms with Gasteiger partial charge in [0.05, 0.1) is 11.6 Å². The van der Waals surface area contributed by atoms with Crippen LogP contribution in [-0.4, -0.2) is 60.0 Å². The van der Waals surface area contributed by atoms with Crippen molar-refractivity contribution in [1.29, 1.82) is 5.26 Å². The summed E-state index contributed by atoms with van der Waals surface area (Å²) in [5.74, 6) is -2.66. The van der Waals surface area contributed by atoms with E-state index in [1.165, 1.54) is 26.0 Å². The molecule has 11 heteroatoms. The fourth-order valence-corrected chi connectivity index (χ4v) is 4.38. The maximum atomic E-state index is 12.1. The lowest BCUT2D eigenvalue weighted by Crippen LogP contribution is -2.59. The van der Waals surface area contributed by atoms with E-state index in [-0.39, 0.29) is 12.4 Å². The van der Waals surface area contributed by atoms with Crippen LogP contribution in [0.4, 0.5) is 0 Å². The molecule has 0 spiro atoms. The Kier molecular flexibility index (Phi) is 9.62. The number of rotatable bonds is 8. The molecule has 0 saturated carbocycles. The molecule has 1 fully saturated rings. The molecule has 0 unspecified atom stereocenters. The van der Waals surface area contributed by atoms with Gasteiger partial charge in [-0.25, -0.2) is 0 Å². The first-order chi connectivity index (χ1) is 18.5. The molecule has 0 radical (unpaired) electrons. The van der Waals surface area contributed by atoms with Gasteiger partial charge in [0.25, 0.3) is 0 Å². The van der Waals surface area contributed by atoms with Gasteiger partial charge in [0, 0.05) is 27.7 Å². The van der Waals surface area contributed by atoms with Crippen LogP contribution in [0.2, 0.25) is 0 Å². The zero-order valence-electron chi connectivity index (χ0n) is 21.9. The van der Waals surface area contributed by atoms with Gasteiger partial charge in [0.15, 0.2) is 18.3 Å². The molecular formula is C28H29NO10. The first-order valence-corrected chi connectivity index (χ1v) is 12.1. The van der Waals surface area contributed by atoms with E-state index in [9.17, 15) is 29.5 Å². The van der Waals surface area contributed by atoms with Gasteiger partial charge in [-0.1, -0.05) is 24.3 Å². The van der Waals surface area contributed by atoms with Gasteiger partial charge in [0.2, 0.25) is 0 Å². The number of esters is 4. The van der Waals surface area contributed by atoms with Crippen molar-refractivity contribution in [1.82, 2.24) is 0 Å². The summed E-state index contributed by atoms with van der Waals surface area (Å²) in [6.07, 6.45) is -5.62. The molecule has 0 aliphatic carbocycles. The van der Waals surface area contributed by atoms with E-state index in [0.717, 1.165) is 19.4 Å². The third-order valence-corrected chi connectivity index (χ3v) is 5.90. The van der Waals surface area contributed by atoms with Crippen LogP contribution in [0.5, 0.6) is 5.75 Å². The summed E-state index contributed by atoms with van der Waals surface area (Å²) in [5.41, 5.74) is 2.30. The summed E-state index contributed by atoms with van der Waals surface area (Å²) in [6.45, 7) is 4.33. The number of nitriles is 1. The Hall–Kier alpha value is -4.43. The quantitative estimate of drug-likeness (QED) is 0.388. The SMILES string of the molecule is CC(=O)OC[C@H]1O[C@@H](c2ccc(C#N)c(Cc3ccc(O)cc3)c2)[C@H](OC(C)=O)[C@@H](OC(C)=O)[C@@H]1OC(C)=O. The number of hydrogen-bond acceptors (Lipinski definition) is 11. The molecule has 2 aromatic carbocycles. The van der Waals surface area contributed by atoms with E-state index in [0.29, 0.717) is 23.1 Å².